The first-order valence-electron chi connectivity index (χ1n) is 7.97. The molecule has 0 bridgehead atoms. The van der Waals surface area contributed by atoms with Crippen LogP contribution < -0.4 is 4.74 Å². The molecule has 0 spiro atoms. The van der Waals surface area contributed by atoms with Crippen molar-refractivity contribution in [3.63, 3.8) is 0 Å². The largest absolute Gasteiger partial charge is 0.496 e. The Bertz CT molecular complexity index is 917. The van der Waals surface area contributed by atoms with Crippen LogP contribution in [-0.4, -0.2) is 12.9 Å². The van der Waals surface area contributed by atoms with Gasteiger partial charge in [0.2, 0.25) is 0 Å². The van der Waals surface area contributed by atoms with Gasteiger partial charge in [0, 0.05) is 26.1 Å². The Hall–Kier alpha value is -1.82. The smallest absolute Gasteiger partial charge is 0.195 e. The van der Waals surface area contributed by atoms with E-state index >= 15 is 0 Å². The maximum atomic E-state index is 12.2. The molecule has 0 amide bonds. The standard InChI is InChI=1S/C21H17BrO2S2/c1-24-20-11-15(8-10-19(23)21-12-17(22)14-26-21)7-9-16(20)13-25-18-5-3-2-4-6-18/h2-12,14H,13H2,1H3/b10-8+. The Morgan fingerprint density at radius 2 is 2.00 bits per heavy atom. The van der Waals surface area contributed by atoms with E-state index in [2.05, 4.69) is 34.1 Å². The molecule has 0 saturated carbocycles. The first kappa shape index (κ1) is 19.0. The van der Waals surface area contributed by atoms with Gasteiger partial charge in [-0.3, -0.25) is 4.79 Å². The predicted octanol–water partition coefficient (Wildman–Crippen LogP) is 6.71. The zero-order chi connectivity index (χ0) is 18.4. The number of hydrogen-bond donors (Lipinski definition) is 0. The van der Waals surface area contributed by atoms with Crippen LogP contribution in [-0.2, 0) is 5.75 Å². The normalized spacial score (nSPS) is 11.0. The lowest BCUT2D eigenvalue weighted by Gasteiger charge is -2.09. The molecular formula is C21H17BrO2S2. The summed E-state index contributed by atoms with van der Waals surface area (Å²) in [6, 6.07) is 18.2. The predicted molar refractivity (Wildman–Crippen MR) is 114 cm³/mol. The maximum absolute atomic E-state index is 12.2. The molecular weight excluding hydrogens is 428 g/mol. The number of halogens is 1. The topological polar surface area (TPSA) is 26.3 Å². The maximum Gasteiger partial charge on any atom is 0.195 e. The second-order valence-corrected chi connectivity index (χ2v) is 8.38. The number of benzene rings is 2. The van der Waals surface area contributed by atoms with Crippen LogP contribution in [0.3, 0.4) is 0 Å². The number of hydrogen-bond acceptors (Lipinski definition) is 4. The fourth-order valence-corrected chi connectivity index (χ4v) is 4.62. The highest BCUT2D eigenvalue weighted by Crippen LogP contribution is 2.29. The quantitative estimate of drug-likeness (QED) is 0.230. The number of carbonyl (C=O) groups excluding carboxylic acids is 1. The van der Waals surface area contributed by atoms with Crippen molar-refractivity contribution in [2.45, 2.75) is 10.6 Å². The van der Waals surface area contributed by atoms with E-state index in [0.29, 0.717) is 0 Å². The van der Waals surface area contributed by atoms with E-state index in [1.165, 1.54) is 16.2 Å². The van der Waals surface area contributed by atoms with Crippen molar-refractivity contribution in [1.29, 1.82) is 0 Å². The van der Waals surface area contributed by atoms with E-state index in [4.69, 9.17) is 4.74 Å². The monoisotopic (exact) mass is 444 g/mol. The summed E-state index contributed by atoms with van der Waals surface area (Å²) in [4.78, 5) is 14.1. The third-order valence-corrected chi connectivity index (χ3v) is 6.45. The van der Waals surface area contributed by atoms with Crippen molar-refractivity contribution < 1.29 is 9.53 Å². The third-order valence-electron chi connectivity index (χ3n) is 3.69. The highest BCUT2D eigenvalue weighted by molar-refractivity contribution is 9.10. The molecule has 132 valence electrons. The average molecular weight is 445 g/mol. The van der Waals surface area contributed by atoms with Gasteiger partial charge in [-0.1, -0.05) is 36.4 Å². The van der Waals surface area contributed by atoms with Crippen molar-refractivity contribution in [1.82, 2.24) is 0 Å². The van der Waals surface area contributed by atoms with Crippen molar-refractivity contribution in [3.05, 3.63) is 86.5 Å². The molecule has 0 atom stereocenters. The van der Waals surface area contributed by atoms with Crippen molar-refractivity contribution in [3.8, 4) is 5.75 Å². The molecule has 26 heavy (non-hydrogen) atoms. The highest BCUT2D eigenvalue weighted by atomic mass is 79.9. The summed E-state index contributed by atoms with van der Waals surface area (Å²) in [5.41, 5.74) is 2.08. The number of allylic oxidation sites excluding steroid dienone is 1. The van der Waals surface area contributed by atoms with Crippen LogP contribution in [0.2, 0.25) is 0 Å². The molecule has 3 rings (SSSR count). The molecule has 0 aliphatic heterocycles. The van der Waals surface area contributed by atoms with Gasteiger partial charge in [0.15, 0.2) is 5.78 Å². The molecule has 3 aromatic rings. The summed E-state index contributed by atoms with van der Waals surface area (Å²) >= 11 is 6.57. The summed E-state index contributed by atoms with van der Waals surface area (Å²) < 4.78 is 6.46. The second kappa shape index (κ2) is 9.21. The molecule has 0 aliphatic rings. The summed E-state index contributed by atoms with van der Waals surface area (Å²) in [6.45, 7) is 0. The van der Waals surface area contributed by atoms with E-state index < -0.39 is 0 Å². The molecule has 0 radical (unpaired) electrons. The van der Waals surface area contributed by atoms with Gasteiger partial charge in [0.1, 0.15) is 5.75 Å². The van der Waals surface area contributed by atoms with Crippen LogP contribution in [0.5, 0.6) is 5.75 Å². The molecule has 1 heterocycles. The van der Waals surface area contributed by atoms with Gasteiger partial charge in [-0.2, -0.15) is 0 Å². The van der Waals surface area contributed by atoms with Gasteiger partial charge in [-0.15, -0.1) is 23.1 Å². The van der Waals surface area contributed by atoms with Crippen LogP contribution in [0.4, 0.5) is 0 Å². The summed E-state index contributed by atoms with van der Waals surface area (Å²) in [5, 5.41) is 1.91. The Balaban J connectivity index is 1.69. The minimum Gasteiger partial charge on any atom is -0.496 e. The van der Waals surface area contributed by atoms with E-state index in [0.717, 1.165) is 32.0 Å². The van der Waals surface area contributed by atoms with E-state index in [9.17, 15) is 4.79 Å². The first-order valence-corrected chi connectivity index (χ1v) is 10.6. The Morgan fingerprint density at radius 3 is 2.69 bits per heavy atom. The third kappa shape index (κ3) is 5.10. The van der Waals surface area contributed by atoms with Gasteiger partial charge >= 0.3 is 0 Å². The zero-order valence-electron chi connectivity index (χ0n) is 14.1. The Labute approximate surface area is 170 Å². The van der Waals surface area contributed by atoms with E-state index in [-0.39, 0.29) is 5.78 Å². The lowest BCUT2D eigenvalue weighted by Crippen LogP contribution is -1.92. The number of thiophene rings is 1. The molecule has 0 aliphatic carbocycles. The fraction of sp³-hybridized carbons (Fsp3) is 0.0952. The first-order chi connectivity index (χ1) is 12.7. The number of carbonyl (C=O) groups is 1. The van der Waals surface area contributed by atoms with E-state index in [1.807, 2.05) is 47.9 Å². The highest BCUT2D eigenvalue weighted by Gasteiger charge is 2.07. The van der Waals surface area contributed by atoms with Crippen molar-refractivity contribution in [2.75, 3.05) is 7.11 Å². The lowest BCUT2D eigenvalue weighted by atomic mass is 10.1. The van der Waals surface area contributed by atoms with Crippen molar-refractivity contribution in [2.24, 2.45) is 0 Å². The van der Waals surface area contributed by atoms with Gasteiger partial charge < -0.3 is 4.74 Å². The molecule has 5 heteroatoms. The molecule has 0 fully saturated rings. The van der Waals surface area contributed by atoms with Crippen LogP contribution >= 0.6 is 39.0 Å². The van der Waals surface area contributed by atoms with E-state index in [1.54, 1.807) is 24.9 Å². The van der Waals surface area contributed by atoms with Crippen LogP contribution in [0.25, 0.3) is 6.08 Å². The van der Waals surface area contributed by atoms with Gasteiger partial charge in [0.05, 0.1) is 12.0 Å². The Kier molecular flexibility index (Phi) is 6.72. The number of rotatable bonds is 7. The minimum atomic E-state index is 0.00313. The van der Waals surface area contributed by atoms with Crippen molar-refractivity contribution >= 4 is 50.9 Å². The van der Waals surface area contributed by atoms with Gasteiger partial charge in [0.25, 0.3) is 0 Å². The second-order valence-electron chi connectivity index (χ2n) is 5.50. The molecule has 0 unspecified atom stereocenters. The van der Waals surface area contributed by atoms with Crippen LogP contribution in [0.1, 0.15) is 20.8 Å². The van der Waals surface area contributed by atoms with Crippen LogP contribution in [0, 0.1) is 0 Å². The fourth-order valence-electron chi connectivity index (χ4n) is 2.36. The average Bonchev–Trinajstić information content (AvgIpc) is 3.12. The molecule has 1 aromatic heterocycles. The van der Waals surface area contributed by atoms with Gasteiger partial charge in [-0.25, -0.2) is 0 Å². The summed E-state index contributed by atoms with van der Waals surface area (Å²) in [7, 11) is 1.67. The zero-order valence-corrected chi connectivity index (χ0v) is 17.4. The Morgan fingerprint density at radius 1 is 1.19 bits per heavy atom. The molecule has 2 aromatic carbocycles. The number of ketones is 1. The number of ether oxygens (including phenoxy) is 1. The minimum absolute atomic E-state index is 0.00313. The SMILES string of the molecule is COc1cc(/C=C/C(=O)c2cc(Br)cs2)ccc1CSc1ccccc1. The summed E-state index contributed by atoms with van der Waals surface area (Å²) in [6.07, 6.45) is 3.43. The van der Waals surface area contributed by atoms with Crippen LogP contribution in [0.15, 0.2) is 75.4 Å². The number of methoxy groups -OCH3 is 1. The molecule has 0 saturated heterocycles. The lowest BCUT2D eigenvalue weighted by molar-refractivity contribution is 0.105. The molecule has 2 nitrogen and oxygen atoms in total. The van der Waals surface area contributed by atoms with Gasteiger partial charge in [-0.05, 0) is 51.8 Å². The molecule has 0 N–H and O–H groups in total. The number of thioether (sulfide) groups is 1. The summed E-state index contributed by atoms with van der Waals surface area (Å²) in [5.74, 6) is 1.67.